The Morgan fingerprint density at radius 3 is 2.19 bits per heavy atom. The first-order valence-corrected chi connectivity index (χ1v) is 9.36. The van der Waals surface area contributed by atoms with Crippen molar-refractivity contribution in [3.8, 4) is 5.75 Å². The second kappa shape index (κ2) is 8.39. The molecule has 0 aliphatic rings. The molecular formula is C16H27NO3S. The summed E-state index contributed by atoms with van der Waals surface area (Å²) in [6, 6.07) is 7.47. The molecule has 0 radical (unpaired) electrons. The number of ether oxygens (including phenoxy) is 1. The van der Waals surface area contributed by atoms with Crippen molar-refractivity contribution in [2.75, 3.05) is 24.7 Å². The molecule has 0 aliphatic heterocycles. The molecule has 120 valence electrons. The van der Waals surface area contributed by atoms with Gasteiger partial charge in [-0.1, -0.05) is 32.9 Å². The summed E-state index contributed by atoms with van der Waals surface area (Å²) in [4.78, 5) is 0. The van der Waals surface area contributed by atoms with Crippen molar-refractivity contribution in [2.24, 2.45) is 5.92 Å². The molecule has 4 nitrogen and oxygen atoms in total. The number of hydrogen-bond donors (Lipinski definition) is 1. The third-order valence-corrected chi connectivity index (χ3v) is 5.07. The predicted molar refractivity (Wildman–Crippen MR) is 87.5 cm³/mol. The van der Waals surface area contributed by atoms with Gasteiger partial charge in [0.15, 0.2) is 9.84 Å². The van der Waals surface area contributed by atoms with Crippen LogP contribution in [0.1, 0.15) is 39.3 Å². The summed E-state index contributed by atoms with van der Waals surface area (Å²) in [7, 11) is -3.06. The summed E-state index contributed by atoms with van der Waals surface area (Å²) >= 11 is 0. The molecule has 0 saturated carbocycles. The van der Waals surface area contributed by atoms with Gasteiger partial charge in [0.2, 0.25) is 0 Å². The van der Waals surface area contributed by atoms with Gasteiger partial charge in [-0.3, -0.25) is 0 Å². The molecule has 0 heterocycles. The Balaban J connectivity index is 2.85. The van der Waals surface area contributed by atoms with E-state index in [9.17, 15) is 8.42 Å². The molecule has 1 atom stereocenters. The molecule has 1 rings (SSSR count). The minimum absolute atomic E-state index is 0.132. The van der Waals surface area contributed by atoms with Crippen LogP contribution in [0.15, 0.2) is 24.3 Å². The van der Waals surface area contributed by atoms with Gasteiger partial charge in [-0.25, -0.2) is 8.42 Å². The van der Waals surface area contributed by atoms with E-state index in [1.54, 1.807) is 0 Å². The van der Waals surface area contributed by atoms with Gasteiger partial charge in [-0.2, -0.15) is 0 Å². The number of hydrogen-bond acceptors (Lipinski definition) is 4. The summed E-state index contributed by atoms with van der Waals surface area (Å²) in [6.07, 6.45) is 0. The van der Waals surface area contributed by atoms with E-state index in [1.165, 1.54) is 0 Å². The standard InChI is InChI=1S/C16H27NO3S/c1-5-17-16(12-21(18,19)11-13(3)4)14-7-9-15(10-8-14)20-6-2/h7-10,13,16-17H,5-6,11-12H2,1-4H3. The first-order valence-electron chi connectivity index (χ1n) is 7.54. The molecule has 1 N–H and O–H groups in total. The molecule has 0 amide bonds. The normalized spacial score (nSPS) is 13.4. The van der Waals surface area contributed by atoms with E-state index in [2.05, 4.69) is 5.32 Å². The first-order chi connectivity index (χ1) is 9.88. The van der Waals surface area contributed by atoms with E-state index < -0.39 is 9.84 Å². The second-order valence-electron chi connectivity index (χ2n) is 5.58. The zero-order chi connectivity index (χ0) is 15.9. The minimum Gasteiger partial charge on any atom is -0.494 e. The topological polar surface area (TPSA) is 55.4 Å². The van der Waals surface area contributed by atoms with Crippen LogP contribution in [-0.4, -0.2) is 33.1 Å². The van der Waals surface area contributed by atoms with E-state index >= 15 is 0 Å². The van der Waals surface area contributed by atoms with Crippen LogP contribution in [0, 0.1) is 5.92 Å². The number of rotatable bonds is 9. The molecule has 5 heteroatoms. The van der Waals surface area contributed by atoms with Gasteiger partial charge in [0.25, 0.3) is 0 Å². The van der Waals surface area contributed by atoms with Crippen LogP contribution in [0.3, 0.4) is 0 Å². The molecule has 0 fully saturated rings. The van der Waals surface area contributed by atoms with Gasteiger partial charge < -0.3 is 10.1 Å². The molecule has 0 spiro atoms. The Morgan fingerprint density at radius 2 is 1.71 bits per heavy atom. The van der Waals surface area contributed by atoms with Gasteiger partial charge in [0.05, 0.1) is 18.1 Å². The van der Waals surface area contributed by atoms with Gasteiger partial charge in [0.1, 0.15) is 5.75 Å². The van der Waals surface area contributed by atoms with E-state index in [4.69, 9.17) is 4.74 Å². The average molecular weight is 313 g/mol. The zero-order valence-electron chi connectivity index (χ0n) is 13.4. The Bertz CT molecular complexity index is 509. The SMILES string of the molecule is CCNC(CS(=O)(=O)CC(C)C)c1ccc(OCC)cc1. The maximum Gasteiger partial charge on any atom is 0.152 e. The van der Waals surface area contributed by atoms with Crippen LogP contribution in [0.25, 0.3) is 0 Å². The van der Waals surface area contributed by atoms with E-state index in [0.29, 0.717) is 6.61 Å². The number of nitrogens with one attached hydrogen (secondary N) is 1. The second-order valence-corrected chi connectivity index (χ2v) is 7.74. The Labute approximate surface area is 128 Å². The van der Waals surface area contributed by atoms with Gasteiger partial charge >= 0.3 is 0 Å². The van der Waals surface area contributed by atoms with Crippen LogP contribution in [-0.2, 0) is 9.84 Å². The summed E-state index contributed by atoms with van der Waals surface area (Å²) in [5, 5.41) is 3.26. The maximum absolute atomic E-state index is 12.2. The maximum atomic E-state index is 12.2. The van der Waals surface area contributed by atoms with Crippen LogP contribution in [0.2, 0.25) is 0 Å². The lowest BCUT2D eigenvalue weighted by Crippen LogP contribution is -2.30. The average Bonchev–Trinajstić information content (AvgIpc) is 2.37. The highest BCUT2D eigenvalue weighted by molar-refractivity contribution is 7.91. The lowest BCUT2D eigenvalue weighted by molar-refractivity contribution is 0.340. The van der Waals surface area contributed by atoms with Crippen LogP contribution in [0.5, 0.6) is 5.75 Å². The molecule has 21 heavy (non-hydrogen) atoms. The highest BCUT2D eigenvalue weighted by Crippen LogP contribution is 2.20. The van der Waals surface area contributed by atoms with Crippen molar-refractivity contribution in [1.82, 2.24) is 5.32 Å². The fourth-order valence-corrected chi connectivity index (χ4v) is 4.28. The predicted octanol–water partition coefficient (Wildman–Crippen LogP) is 2.81. The lowest BCUT2D eigenvalue weighted by atomic mass is 10.1. The zero-order valence-corrected chi connectivity index (χ0v) is 14.2. The molecule has 0 aliphatic carbocycles. The monoisotopic (exact) mass is 313 g/mol. The summed E-state index contributed by atoms with van der Waals surface area (Å²) < 4.78 is 29.8. The van der Waals surface area contributed by atoms with Crippen LogP contribution < -0.4 is 10.1 Å². The first kappa shape index (κ1) is 18.0. The van der Waals surface area contributed by atoms with Gasteiger partial charge in [-0.15, -0.1) is 0 Å². The van der Waals surface area contributed by atoms with E-state index in [-0.39, 0.29) is 23.5 Å². The van der Waals surface area contributed by atoms with Crippen molar-refractivity contribution in [2.45, 2.75) is 33.7 Å². The fraction of sp³-hybridized carbons (Fsp3) is 0.625. The molecule has 1 unspecified atom stereocenters. The largest absolute Gasteiger partial charge is 0.494 e. The van der Waals surface area contributed by atoms with Crippen molar-refractivity contribution in [3.05, 3.63) is 29.8 Å². The molecule has 1 aromatic rings. The highest BCUT2D eigenvalue weighted by Gasteiger charge is 2.21. The van der Waals surface area contributed by atoms with Crippen molar-refractivity contribution in [3.63, 3.8) is 0 Å². The number of benzene rings is 1. The molecule has 1 aromatic carbocycles. The Hall–Kier alpha value is -1.07. The minimum atomic E-state index is -3.06. The van der Waals surface area contributed by atoms with Gasteiger partial charge in [0, 0.05) is 6.04 Å². The smallest absolute Gasteiger partial charge is 0.152 e. The highest BCUT2D eigenvalue weighted by atomic mass is 32.2. The van der Waals surface area contributed by atoms with Crippen molar-refractivity contribution < 1.29 is 13.2 Å². The summed E-state index contributed by atoms with van der Waals surface area (Å²) in [6.45, 7) is 9.13. The van der Waals surface area contributed by atoms with E-state index in [1.807, 2.05) is 52.0 Å². The Morgan fingerprint density at radius 1 is 1.10 bits per heavy atom. The van der Waals surface area contributed by atoms with Gasteiger partial charge in [-0.05, 0) is 37.1 Å². The quantitative estimate of drug-likeness (QED) is 0.761. The third kappa shape index (κ3) is 6.48. The summed E-state index contributed by atoms with van der Waals surface area (Å²) in [5.74, 6) is 1.32. The van der Waals surface area contributed by atoms with E-state index in [0.717, 1.165) is 17.9 Å². The molecule has 0 bridgehead atoms. The Kier molecular flexibility index (Phi) is 7.18. The van der Waals surface area contributed by atoms with Crippen molar-refractivity contribution in [1.29, 1.82) is 0 Å². The van der Waals surface area contributed by atoms with Crippen LogP contribution >= 0.6 is 0 Å². The molecule has 0 saturated heterocycles. The number of sulfone groups is 1. The molecular weight excluding hydrogens is 286 g/mol. The third-order valence-electron chi connectivity index (χ3n) is 3.05. The fourth-order valence-electron chi connectivity index (χ4n) is 2.31. The molecule has 0 aromatic heterocycles. The summed E-state index contributed by atoms with van der Waals surface area (Å²) in [5.41, 5.74) is 0.979. The van der Waals surface area contributed by atoms with Crippen molar-refractivity contribution >= 4 is 9.84 Å². The van der Waals surface area contributed by atoms with Crippen LogP contribution in [0.4, 0.5) is 0 Å². The lowest BCUT2D eigenvalue weighted by Gasteiger charge is -2.19.